The Kier molecular flexibility index (Phi) is 7.86. The van der Waals surface area contributed by atoms with Gasteiger partial charge in [0.15, 0.2) is 0 Å². The quantitative estimate of drug-likeness (QED) is 0.447. The Balaban J connectivity index is 2.62. The van der Waals surface area contributed by atoms with Crippen molar-refractivity contribution < 1.29 is 19.6 Å². The Morgan fingerprint density at radius 2 is 2.27 bits per heavy atom. The number of carbonyl (C=O) groups excluding carboxylic acids is 2. The maximum Gasteiger partial charge on any atom is 0.475 e. The van der Waals surface area contributed by atoms with Crippen molar-refractivity contribution in [3.8, 4) is 0 Å². The van der Waals surface area contributed by atoms with Crippen molar-refractivity contribution >= 4 is 30.3 Å². The van der Waals surface area contributed by atoms with Gasteiger partial charge >= 0.3 is 7.12 Å². The topological polar surface area (TPSA) is 89.9 Å². The van der Waals surface area contributed by atoms with Crippen LogP contribution in [0.1, 0.15) is 18.9 Å². The first-order valence-corrected chi connectivity index (χ1v) is 8.00. The van der Waals surface area contributed by atoms with E-state index in [0.29, 0.717) is 19.4 Å². The Hall–Kier alpha value is -1.64. The highest BCUT2D eigenvalue weighted by Gasteiger charge is 2.26. The average molecular weight is 324 g/mol. The number of hydrogen-bond acceptors (Lipinski definition) is 5. The lowest BCUT2D eigenvalue weighted by Crippen LogP contribution is -2.51. The molecule has 1 aromatic rings. The normalized spacial score (nSPS) is 11.6. The Morgan fingerprint density at radius 1 is 1.55 bits per heavy atom. The zero-order chi connectivity index (χ0) is 16.5. The Bertz CT molecular complexity index is 493. The molecule has 0 saturated carbocycles. The second-order valence-electron chi connectivity index (χ2n) is 4.89. The number of carbonyl (C=O) groups is 2. The van der Waals surface area contributed by atoms with E-state index >= 15 is 0 Å². The van der Waals surface area contributed by atoms with E-state index in [2.05, 4.69) is 11.9 Å². The summed E-state index contributed by atoms with van der Waals surface area (Å²) in [6, 6.07) is 1.86. The van der Waals surface area contributed by atoms with Crippen LogP contribution in [0.15, 0.2) is 29.5 Å². The molecule has 1 atom stereocenters. The third-order valence-corrected chi connectivity index (χ3v) is 3.79. The molecule has 0 bridgehead atoms. The van der Waals surface area contributed by atoms with Crippen LogP contribution in [0.2, 0.25) is 0 Å². The van der Waals surface area contributed by atoms with E-state index in [4.69, 9.17) is 0 Å². The summed E-state index contributed by atoms with van der Waals surface area (Å²) in [6.07, 6.45) is 2.19. The van der Waals surface area contributed by atoms with Crippen LogP contribution in [-0.2, 0) is 16.0 Å². The Labute approximate surface area is 134 Å². The number of nitrogens with one attached hydrogen (secondary N) is 1. The van der Waals surface area contributed by atoms with Crippen LogP contribution in [0.25, 0.3) is 0 Å². The van der Waals surface area contributed by atoms with Gasteiger partial charge in [-0.2, -0.15) is 11.3 Å². The third kappa shape index (κ3) is 6.01. The molecule has 0 aliphatic heterocycles. The molecule has 2 amide bonds. The maximum absolute atomic E-state index is 12.0. The van der Waals surface area contributed by atoms with E-state index < -0.39 is 19.0 Å². The van der Waals surface area contributed by atoms with E-state index in [1.54, 1.807) is 0 Å². The van der Waals surface area contributed by atoms with Crippen molar-refractivity contribution in [1.82, 2.24) is 10.2 Å². The fourth-order valence-electron chi connectivity index (χ4n) is 1.99. The highest BCUT2D eigenvalue weighted by molar-refractivity contribution is 7.07. The minimum atomic E-state index is -1.67. The summed E-state index contributed by atoms with van der Waals surface area (Å²) in [5, 5.41) is 25.1. The first kappa shape index (κ1) is 18.4. The molecule has 0 aliphatic carbocycles. The summed E-state index contributed by atoms with van der Waals surface area (Å²) in [4.78, 5) is 25.0. The number of nitrogens with zero attached hydrogens (tertiary/aromatic N) is 1. The van der Waals surface area contributed by atoms with Gasteiger partial charge < -0.3 is 20.3 Å². The fraction of sp³-hybridized carbons (Fsp3) is 0.429. The largest absolute Gasteiger partial charge is 0.475 e. The highest BCUT2D eigenvalue weighted by Crippen LogP contribution is 2.09. The van der Waals surface area contributed by atoms with Gasteiger partial charge in [0.1, 0.15) is 0 Å². The lowest BCUT2D eigenvalue weighted by Gasteiger charge is -2.22. The van der Waals surface area contributed by atoms with Crippen LogP contribution in [0.3, 0.4) is 0 Å². The highest BCUT2D eigenvalue weighted by atomic mass is 32.1. The number of hydrogen-bond donors (Lipinski definition) is 3. The molecule has 1 rings (SSSR count). The van der Waals surface area contributed by atoms with Gasteiger partial charge in [0.2, 0.25) is 11.8 Å². The van der Waals surface area contributed by atoms with Gasteiger partial charge in [0.25, 0.3) is 0 Å². The third-order valence-electron chi connectivity index (χ3n) is 3.06. The monoisotopic (exact) mass is 324 g/mol. The Morgan fingerprint density at radius 3 is 2.77 bits per heavy atom. The van der Waals surface area contributed by atoms with E-state index in [0.717, 1.165) is 11.6 Å². The zero-order valence-electron chi connectivity index (χ0n) is 12.6. The summed E-state index contributed by atoms with van der Waals surface area (Å²) in [7, 11) is -1.67. The van der Waals surface area contributed by atoms with Crippen LogP contribution in [-0.4, -0.2) is 52.9 Å². The zero-order valence-corrected chi connectivity index (χ0v) is 13.4. The molecule has 3 N–H and O–H groups in total. The summed E-state index contributed by atoms with van der Waals surface area (Å²) in [6.45, 7) is 5.62. The van der Waals surface area contributed by atoms with Gasteiger partial charge in [-0.25, -0.2) is 0 Å². The summed E-state index contributed by atoms with van der Waals surface area (Å²) in [5.41, 5.74) is 0.913. The van der Waals surface area contributed by atoms with Crippen molar-refractivity contribution in [3.05, 3.63) is 35.0 Å². The van der Waals surface area contributed by atoms with E-state index in [1.165, 1.54) is 16.2 Å². The molecule has 0 spiro atoms. The first-order chi connectivity index (χ1) is 10.5. The summed E-state index contributed by atoms with van der Waals surface area (Å²) >= 11 is 1.50. The standard InChI is InChI=1S/C14H21BN2O4S/c1-3-6-17(14(19)4-2)9-13(18)16-12(15(20)21)8-11-5-7-22-10-11/h4-5,7,10,12,20-21H,2-3,6,8-9H2,1H3,(H,16,18)/t12-/m1/s1. The van der Waals surface area contributed by atoms with Crippen molar-refractivity contribution in [1.29, 1.82) is 0 Å². The summed E-state index contributed by atoms with van der Waals surface area (Å²) < 4.78 is 0. The second-order valence-corrected chi connectivity index (χ2v) is 5.67. The van der Waals surface area contributed by atoms with Crippen molar-refractivity contribution in [2.45, 2.75) is 25.7 Å². The average Bonchev–Trinajstić information content (AvgIpc) is 2.98. The molecule has 22 heavy (non-hydrogen) atoms. The van der Waals surface area contributed by atoms with Crippen LogP contribution in [0.5, 0.6) is 0 Å². The van der Waals surface area contributed by atoms with Gasteiger partial charge in [-0.1, -0.05) is 13.5 Å². The van der Waals surface area contributed by atoms with Crippen molar-refractivity contribution in [3.63, 3.8) is 0 Å². The number of thiophene rings is 1. The molecule has 0 saturated heterocycles. The van der Waals surface area contributed by atoms with Gasteiger partial charge in [0.05, 0.1) is 12.5 Å². The van der Waals surface area contributed by atoms with Crippen LogP contribution >= 0.6 is 11.3 Å². The van der Waals surface area contributed by atoms with E-state index in [9.17, 15) is 19.6 Å². The minimum absolute atomic E-state index is 0.133. The lowest BCUT2D eigenvalue weighted by atomic mass is 9.76. The second kappa shape index (κ2) is 9.40. The predicted molar refractivity (Wildman–Crippen MR) is 87.2 cm³/mol. The molecule has 1 heterocycles. The molecule has 0 radical (unpaired) electrons. The van der Waals surface area contributed by atoms with Gasteiger partial charge in [-0.15, -0.1) is 0 Å². The molecule has 0 aliphatic rings. The molecular formula is C14H21BN2O4S. The van der Waals surface area contributed by atoms with Gasteiger partial charge in [0, 0.05) is 6.54 Å². The first-order valence-electron chi connectivity index (χ1n) is 7.05. The van der Waals surface area contributed by atoms with Crippen LogP contribution < -0.4 is 5.32 Å². The molecule has 8 heteroatoms. The predicted octanol–water partition coefficient (Wildman–Crippen LogP) is 0.212. The molecule has 120 valence electrons. The van der Waals surface area contributed by atoms with E-state index in [-0.39, 0.29) is 12.5 Å². The van der Waals surface area contributed by atoms with Crippen LogP contribution in [0.4, 0.5) is 0 Å². The fourth-order valence-corrected chi connectivity index (χ4v) is 2.67. The molecule has 1 aromatic heterocycles. The number of amides is 2. The molecule has 0 fully saturated rings. The maximum atomic E-state index is 12.0. The smallest absolute Gasteiger partial charge is 0.426 e. The number of rotatable bonds is 9. The molecule has 0 aromatic carbocycles. The van der Waals surface area contributed by atoms with E-state index in [1.807, 2.05) is 23.8 Å². The van der Waals surface area contributed by atoms with Gasteiger partial charge in [-0.05, 0) is 41.3 Å². The van der Waals surface area contributed by atoms with Gasteiger partial charge in [-0.3, -0.25) is 9.59 Å². The molecule has 0 unspecified atom stereocenters. The van der Waals surface area contributed by atoms with Crippen LogP contribution in [0, 0.1) is 0 Å². The summed E-state index contributed by atoms with van der Waals surface area (Å²) in [5.74, 6) is -1.57. The minimum Gasteiger partial charge on any atom is -0.426 e. The molecule has 6 nitrogen and oxygen atoms in total. The SMILES string of the molecule is C=CC(=O)N(CCC)CC(=O)N[C@H](Cc1ccsc1)B(O)O. The molecular weight excluding hydrogens is 303 g/mol. The lowest BCUT2D eigenvalue weighted by molar-refractivity contribution is -0.132. The van der Waals surface area contributed by atoms with Crippen molar-refractivity contribution in [2.75, 3.05) is 13.1 Å². The van der Waals surface area contributed by atoms with Crippen molar-refractivity contribution in [2.24, 2.45) is 0 Å².